The van der Waals surface area contributed by atoms with E-state index >= 15 is 0 Å². The van der Waals surface area contributed by atoms with Gasteiger partial charge in [0.05, 0.1) is 0 Å². The van der Waals surface area contributed by atoms with Gasteiger partial charge < -0.3 is 10.1 Å². The molecule has 0 saturated carbocycles. The molecule has 1 heterocycles. The lowest BCUT2D eigenvalue weighted by Crippen LogP contribution is -1.94. The van der Waals surface area contributed by atoms with E-state index in [4.69, 9.17) is 11.6 Å². The maximum absolute atomic E-state index is 10.7. The molecule has 0 fully saturated rings. The first-order valence-electron chi connectivity index (χ1n) is 4.55. The van der Waals surface area contributed by atoms with Gasteiger partial charge in [0.2, 0.25) is 0 Å². The summed E-state index contributed by atoms with van der Waals surface area (Å²) in [5.74, 6) is -0.317. The van der Waals surface area contributed by atoms with Crippen molar-refractivity contribution < 1.29 is 4.92 Å². The van der Waals surface area contributed by atoms with Crippen LogP contribution in [0.15, 0.2) is 42.5 Å². The Labute approximate surface area is 96.7 Å². The van der Waals surface area contributed by atoms with E-state index in [1.54, 1.807) is 6.07 Å². The number of benzene rings is 1. The summed E-state index contributed by atoms with van der Waals surface area (Å²) in [6.45, 7) is 0. The second-order valence-corrected chi connectivity index (χ2v) is 3.53. The molecule has 0 saturated heterocycles. The Bertz CT molecular complexity index is 529. The third-order valence-corrected chi connectivity index (χ3v) is 2.37. The van der Waals surface area contributed by atoms with Crippen molar-refractivity contribution in [2.24, 2.45) is 0 Å². The van der Waals surface area contributed by atoms with Crippen LogP contribution in [0.2, 0.25) is 5.02 Å². The summed E-state index contributed by atoms with van der Waals surface area (Å²) in [7, 11) is 0. The highest BCUT2D eigenvalue weighted by atomic mass is 35.5. The van der Waals surface area contributed by atoms with Gasteiger partial charge in [-0.15, -0.1) is 0 Å². The number of hydrogen-bond acceptors (Lipinski definition) is 3. The SMILES string of the molecule is O=[N+]([O-])c1nc(-c2ccccc2)ccc1Cl. The average molecular weight is 235 g/mol. The van der Waals surface area contributed by atoms with E-state index in [1.165, 1.54) is 6.07 Å². The van der Waals surface area contributed by atoms with Crippen molar-refractivity contribution in [2.45, 2.75) is 0 Å². The zero-order valence-electron chi connectivity index (χ0n) is 8.13. The van der Waals surface area contributed by atoms with Gasteiger partial charge in [-0.2, -0.15) is 0 Å². The largest absolute Gasteiger partial charge is 0.382 e. The zero-order valence-corrected chi connectivity index (χ0v) is 8.89. The van der Waals surface area contributed by atoms with Gasteiger partial charge >= 0.3 is 5.82 Å². The molecule has 0 radical (unpaired) electrons. The number of pyridine rings is 1. The molecular formula is C11H7ClN2O2. The summed E-state index contributed by atoms with van der Waals surface area (Å²) in [4.78, 5) is 14.0. The maximum atomic E-state index is 10.7. The van der Waals surface area contributed by atoms with E-state index in [9.17, 15) is 10.1 Å². The molecule has 5 heteroatoms. The van der Waals surface area contributed by atoms with Crippen LogP contribution in [0.4, 0.5) is 5.82 Å². The van der Waals surface area contributed by atoms with Gasteiger partial charge in [0.25, 0.3) is 0 Å². The lowest BCUT2D eigenvalue weighted by Gasteiger charge is -1.98. The zero-order chi connectivity index (χ0) is 11.5. The van der Waals surface area contributed by atoms with Crippen LogP contribution in [-0.4, -0.2) is 9.91 Å². The third kappa shape index (κ3) is 2.01. The molecule has 0 N–H and O–H groups in total. The van der Waals surface area contributed by atoms with Crippen molar-refractivity contribution in [1.29, 1.82) is 0 Å². The lowest BCUT2D eigenvalue weighted by atomic mass is 10.1. The van der Waals surface area contributed by atoms with Crippen molar-refractivity contribution in [3.8, 4) is 11.3 Å². The van der Waals surface area contributed by atoms with Crippen LogP contribution in [0.1, 0.15) is 0 Å². The molecule has 1 aromatic carbocycles. The molecule has 2 rings (SSSR count). The van der Waals surface area contributed by atoms with Crippen LogP contribution in [0.5, 0.6) is 0 Å². The minimum atomic E-state index is -0.589. The van der Waals surface area contributed by atoms with Gasteiger partial charge in [0.1, 0.15) is 5.02 Å². The predicted octanol–water partition coefficient (Wildman–Crippen LogP) is 3.31. The molecular weight excluding hydrogens is 228 g/mol. The fourth-order valence-electron chi connectivity index (χ4n) is 1.33. The Morgan fingerprint density at radius 2 is 1.81 bits per heavy atom. The summed E-state index contributed by atoms with van der Waals surface area (Å²) < 4.78 is 0. The van der Waals surface area contributed by atoms with E-state index in [-0.39, 0.29) is 10.8 Å². The average Bonchev–Trinajstić information content (AvgIpc) is 2.30. The molecule has 80 valence electrons. The normalized spacial score (nSPS) is 10.1. The molecule has 1 aromatic heterocycles. The number of aromatic nitrogens is 1. The standard InChI is InChI=1S/C11H7ClN2O2/c12-9-6-7-10(13-11(9)14(15)16)8-4-2-1-3-5-8/h1-7H. The molecule has 0 aliphatic rings. The van der Waals surface area contributed by atoms with Gasteiger partial charge in [0, 0.05) is 5.56 Å². The van der Waals surface area contributed by atoms with E-state index in [0.29, 0.717) is 5.69 Å². The highest BCUT2D eigenvalue weighted by molar-refractivity contribution is 6.32. The number of rotatable bonds is 2. The van der Waals surface area contributed by atoms with Crippen LogP contribution < -0.4 is 0 Å². The van der Waals surface area contributed by atoms with E-state index in [2.05, 4.69) is 4.98 Å². The van der Waals surface area contributed by atoms with Gasteiger partial charge in [-0.1, -0.05) is 41.9 Å². The number of nitrogens with zero attached hydrogens (tertiary/aromatic N) is 2. The summed E-state index contributed by atoms with van der Waals surface area (Å²) >= 11 is 5.67. The Balaban J connectivity index is 2.52. The maximum Gasteiger partial charge on any atom is 0.382 e. The predicted molar refractivity (Wildman–Crippen MR) is 61.3 cm³/mol. The number of halogens is 1. The first-order chi connectivity index (χ1) is 7.68. The Morgan fingerprint density at radius 3 is 2.44 bits per heavy atom. The number of hydrogen-bond donors (Lipinski definition) is 0. The highest BCUT2D eigenvalue weighted by Crippen LogP contribution is 2.26. The molecule has 0 aliphatic heterocycles. The van der Waals surface area contributed by atoms with Crippen LogP contribution >= 0.6 is 11.6 Å². The van der Waals surface area contributed by atoms with Crippen LogP contribution in [0.3, 0.4) is 0 Å². The van der Waals surface area contributed by atoms with Crippen LogP contribution in [0, 0.1) is 10.1 Å². The molecule has 0 unspecified atom stereocenters. The molecule has 4 nitrogen and oxygen atoms in total. The van der Waals surface area contributed by atoms with E-state index in [1.807, 2.05) is 30.3 Å². The van der Waals surface area contributed by atoms with Crippen molar-refractivity contribution in [2.75, 3.05) is 0 Å². The topological polar surface area (TPSA) is 56.0 Å². The highest BCUT2D eigenvalue weighted by Gasteiger charge is 2.16. The molecule has 16 heavy (non-hydrogen) atoms. The van der Waals surface area contributed by atoms with Gasteiger partial charge in [-0.05, 0) is 22.0 Å². The first kappa shape index (κ1) is 10.6. The van der Waals surface area contributed by atoms with Crippen LogP contribution in [-0.2, 0) is 0 Å². The molecule has 0 bridgehead atoms. The first-order valence-corrected chi connectivity index (χ1v) is 4.92. The quantitative estimate of drug-likeness (QED) is 0.592. The van der Waals surface area contributed by atoms with Crippen LogP contribution in [0.25, 0.3) is 11.3 Å². The summed E-state index contributed by atoms with van der Waals surface area (Å²) in [5, 5.41) is 10.7. The van der Waals surface area contributed by atoms with E-state index in [0.717, 1.165) is 5.56 Å². The van der Waals surface area contributed by atoms with Crippen molar-refractivity contribution in [3.05, 3.63) is 57.6 Å². The molecule has 0 spiro atoms. The minimum absolute atomic E-state index is 0.0460. The molecule has 0 aliphatic carbocycles. The molecule has 0 amide bonds. The molecule has 2 aromatic rings. The summed E-state index contributed by atoms with van der Waals surface area (Å²) in [5.41, 5.74) is 1.36. The lowest BCUT2D eigenvalue weighted by molar-refractivity contribution is -0.389. The monoisotopic (exact) mass is 234 g/mol. The van der Waals surface area contributed by atoms with Crippen molar-refractivity contribution in [1.82, 2.24) is 4.98 Å². The number of nitro groups is 1. The van der Waals surface area contributed by atoms with Gasteiger partial charge in [-0.3, -0.25) is 0 Å². The fraction of sp³-hybridized carbons (Fsp3) is 0. The fourth-order valence-corrected chi connectivity index (χ4v) is 1.50. The van der Waals surface area contributed by atoms with E-state index < -0.39 is 4.92 Å². The summed E-state index contributed by atoms with van der Waals surface area (Å²) in [6.07, 6.45) is 0. The van der Waals surface area contributed by atoms with Gasteiger partial charge in [-0.25, -0.2) is 0 Å². The minimum Gasteiger partial charge on any atom is -0.358 e. The third-order valence-electron chi connectivity index (χ3n) is 2.07. The van der Waals surface area contributed by atoms with Crippen molar-refractivity contribution >= 4 is 17.4 Å². The van der Waals surface area contributed by atoms with Gasteiger partial charge in [0.15, 0.2) is 5.69 Å². The Morgan fingerprint density at radius 1 is 1.12 bits per heavy atom. The Kier molecular flexibility index (Phi) is 2.83. The Hall–Kier alpha value is -1.94. The smallest absolute Gasteiger partial charge is 0.358 e. The second kappa shape index (κ2) is 4.28. The van der Waals surface area contributed by atoms with Crippen molar-refractivity contribution in [3.63, 3.8) is 0 Å². The summed E-state index contributed by atoms with van der Waals surface area (Å²) in [6, 6.07) is 12.4. The second-order valence-electron chi connectivity index (χ2n) is 3.13. The molecule has 0 atom stereocenters.